The van der Waals surface area contributed by atoms with E-state index >= 15 is 0 Å². The van der Waals surface area contributed by atoms with E-state index in [-0.39, 0.29) is 24.1 Å². The molecule has 1 aliphatic carbocycles. The molecule has 1 atom stereocenters. The first-order chi connectivity index (χ1) is 7.49. The van der Waals surface area contributed by atoms with Gasteiger partial charge in [0.25, 0.3) is 0 Å². The van der Waals surface area contributed by atoms with Crippen LogP contribution in [-0.4, -0.2) is 35.7 Å². The van der Waals surface area contributed by atoms with Crippen molar-refractivity contribution < 1.29 is 9.90 Å². The number of hydrogen-bond donors (Lipinski definition) is 3. The fourth-order valence-electron chi connectivity index (χ4n) is 1.66. The zero-order valence-electron chi connectivity index (χ0n) is 10.5. The number of nitrogens with one attached hydrogen (secondary N) is 2. The lowest BCUT2D eigenvalue weighted by Gasteiger charge is -2.20. The Morgan fingerprint density at radius 2 is 2.00 bits per heavy atom. The molecule has 0 radical (unpaired) electrons. The Kier molecular flexibility index (Phi) is 4.74. The van der Waals surface area contributed by atoms with Gasteiger partial charge in [-0.25, -0.2) is 0 Å². The lowest BCUT2D eigenvalue weighted by Crippen LogP contribution is -2.49. The number of aliphatic hydroxyl groups is 1. The van der Waals surface area contributed by atoms with Crippen molar-refractivity contribution in [2.45, 2.75) is 51.6 Å². The molecule has 0 heterocycles. The zero-order valence-corrected chi connectivity index (χ0v) is 10.5. The minimum Gasteiger partial charge on any atom is -0.394 e. The standard InChI is InChI=1S/C12H24N2O2/c1-9(2)4-7-13-11(16)10(3)14-12(8-15)5-6-12/h9-10,14-15H,4-8H2,1-3H3,(H,13,16). The Morgan fingerprint density at radius 1 is 1.38 bits per heavy atom. The third-order valence-electron chi connectivity index (χ3n) is 3.09. The minimum absolute atomic E-state index is 0.0281. The molecule has 3 N–H and O–H groups in total. The van der Waals surface area contributed by atoms with Crippen molar-refractivity contribution in [3.8, 4) is 0 Å². The fourth-order valence-corrected chi connectivity index (χ4v) is 1.66. The van der Waals surface area contributed by atoms with Gasteiger partial charge >= 0.3 is 0 Å². The number of hydrogen-bond acceptors (Lipinski definition) is 3. The van der Waals surface area contributed by atoms with E-state index in [0.29, 0.717) is 5.92 Å². The Balaban J connectivity index is 2.20. The van der Waals surface area contributed by atoms with Gasteiger partial charge in [0.1, 0.15) is 0 Å². The highest BCUT2D eigenvalue weighted by atomic mass is 16.3. The van der Waals surface area contributed by atoms with E-state index < -0.39 is 0 Å². The molecule has 0 spiro atoms. The van der Waals surface area contributed by atoms with E-state index in [1.54, 1.807) is 0 Å². The minimum atomic E-state index is -0.221. The molecule has 1 aliphatic rings. The van der Waals surface area contributed by atoms with Gasteiger partial charge in [-0.3, -0.25) is 10.1 Å². The summed E-state index contributed by atoms with van der Waals surface area (Å²) in [6.45, 7) is 6.98. The number of amides is 1. The molecule has 1 fully saturated rings. The first kappa shape index (κ1) is 13.5. The summed E-state index contributed by atoms with van der Waals surface area (Å²) >= 11 is 0. The van der Waals surface area contributed by atoms with Crippen molar-refractivity contribution in [2.75, 3.05) is 13.2 Å². The molecule has 1 unspecified atom stereocenters. The van der Waals surface area contributed by atoms with Crippen molar-refractivity contribution in [1.29, 1.82) is 0 Å². The summed E-state index contributed by atoms with van der Waals surface area (Å²) in [5.74, 6) is 0.635. The van der Waals surface area contributed by atoms with Gasteiger partial charge in [-0.1, -0.05) is 13.8 Å². The maximum atomic E-state index is 11.7. The fraction of sp³-hybridized carbons (Fsp3) is 0.917. The van der Waals surface area contributed by atoms with E-state index in [2.05, 4.69) is 24.5 Å². The van der Waals surface area contributed by atoms with Crippen LogP contribution in [0.25, 0.3) is 0 Å². The summed E-state index contributed by atoms with van der Waals surface area (Å²) in [6, 6.07) is -0.221. The summed E-state index contributed by atoms with van der Waals surface area (Å²) in [4.78, 5) is 11.7. The molecule has 0 saturated heterocycles. The van der Waals surface area contributed by atoms with E-state index in [1.165, 1.54) is 0 Å². The van der Waals surface area contributed by atoms with Crippen molar-refractivity contribution >= 4 is 5.91 Å². The molecule has 94 valence electrons. The average Bonchev–Trinajstić information content (AvgIpc) is 2.97. The highest BCUT2D eigenvalue weighted by Crippen LogP contribution is 2.34. The Morgan fingerprint density at radius 3 is 2.44 bits per heavy atom. The summed E-state index contributed by atoms with van der Waals surface area (Å²) < 4.78 is 0. The first-order valence-electron chi connectivity index (χ1n) is 6.15. The molecule has 1 saturated carbocycles. The highest BCUT2D eigenvalue weighted by molar-refractivity contribution is 5.81. The van der Waals surface area contributed by atoms with Crippen LogP contribution in [0.2, 0.25) is 0 Å². The first-order valence-corrected chi connectivity index (χ1v) is 6.15. The van der Waals surface area contributed by atoms with Crippen molar-refractivity contribution in [1.82, 2.24) is 10.6 Å². The van der Waals surface area contributed by atoms with Gasteiger partial charge in [-0.15, -0.1) is 0 Å². The Bertz CT molecular complexity index is 237. The molecule has 0 aromatic rings. The number of aliphatic hydroxyl groups excluding tert-OH is 1. The second-order valence-corrected chi connectivity index (χ2v) is 5.28. The van der Waals surface area contributed by atoms with Crippen LogP contribution in [0, 0.1) is 5.92 Å². The molecule has 4 nitrogen and oxygen atoms in total. The lowest BCUT2D eigenvalue weighted by molar-refractivity contribution is -0.123. The predicted octanol–water partition coefficient (Wildman–Crippen LogP) is 0.652. The van der Waals surface area contributed by atoms with Gasteiger partial charge in [-0.2, -0.15) is 0 Å². The van der Waals surface area contributed by atoms with Crippen LogP contribution in [0.1, 0.15) is 40.0 Å². The van der Waals surface area contributed by atoms with E-state index in [1.807, 2.05) is 6.92 Å². The Labute approximate surface area is 97.8 Å². The van der Waals surface area contributed by atoms with Crippen molar-refractivity contribution in [3.63, 3.8) is 0 Å². The quantitative estimate of drug-likeness (QED) is 0.599. The number of carbonyl (C=O) groups is 1. The molecule has 0 aromatic heterocycles. The number of carbonyl (C=O) groups excluding carboxylic acids is 1. The van der Waals surface area contributed by atoms with Gasteiger partial charge < -0.3 is 10.4 Å². The molecule has 16 heavy (non-hydrogen) atoms. The Hall–Kier alpha value is -0.610. The monoisotopic (exact) mass is 228 g/mol. The molecule has 1 rings (SSSR count). The van der Waals surface area contributed by atoms with E-state index in [0.717, 1.165) is 25.8 Å². The maximum absolute atomic E-state index is 11.7. The third-order valence-corrected chi connectivity index (χ3v) is 3.09. The lowest BCUT2D eigenvalue weighted by atomic mass is 10.1. The van der Waals surface area contributed by atoms with Gasteiger partial charge in [0, 0.05) is 12.1 Å². The second-order valence-electron chi connectivity index (χ2n) is 5.28. The SMILES string of the molecule is CC(C)CCNC(=O)C(C)NC1(CO)CC1. The van der Waals surface area contributed by atoms with Crippen LogP contribution >= 0.6 is 0 Å². The van der Waals surface area contributed by atoms with Crippen LogP contribution in [0.5, 0.6) is 0 Å². The van der Waals surface area contributed by atoms with Crippen molar-refractivity contribution in [3.05, 3.63) is 0 Å². The zero-order chi connectivity index (χ0) is 12.2. The average molecular weight is 228 g/mol. The van der Waals surface area contributed by atoms with Gasteiger partial charge in [-0.05, 0) is 32.1 Å². The molecule has 0 aromatic carbocycles. The smallest absolute Gasteiger partial charge is 0.236 e. The predicted molar refractivity (Wildman–Crippen MR) is 64.1 cm³/mol. The summed E-state index contributed by atoms with van der Waals surface area (Å²) in [5.41, 5.74) is -0.172. The summed E-state index contributed by atoms with van der Waals surface area (Å²) in [5, 5.41) is 15.2. The normalized spacial score (nSPS) is 19.6. The summed E-state index contributed by atoms with van der Waals surface area (Å²) in [7, 11) is 0. The molecule has 1 amide bonds. The largest absolute Gasteiger partial charge is 0.394 e. The van der Waals surface area contributed by atoms with Crippen LogP contribution in [0.4, 0.5) is 0 Å². The number of rotatable bonds is 7. The van der Waals surface area contributed by atoms with Crippen LogP contribution in [0.3, 0.4) is 0 Å². The molecular formula is C12H24N2O2. The van der Waals surface area contributed by atoms with Gasteiger partial charge in [0.2, 0.25) is 5.91 Å². The highest BCUT2D eigenvalue weighted by Gasteiger charge is 2.43. The molecule has 0 bridgehead atoms. The van der Waals surface area contributed by atoms with Crippen LogP contribution < -0.4 is 10.6 Å². The maximum Gasteiger partial charge on any atom is 0.236 e. The van der Waals surface area contributed by atoms with Crippen LogP contribution in [0.15, 0.2) is 0 Å². The third kappa shape index (κ3) is 4.10. The van der Waals surface area contributed by atoms with Gasteiger partial charge in [0.15, 0.2) is 0 Å². The topological polar surface area (TPSA) is 61.4 Å². The van der Waals surface area contributed by atoms with Crippen LogP contribution in [-0.2, 0) is 4.79 Å². The molecule has 4 heteroatoms. The van der Waals surface area contributed by atoms with Gasteiger partial charge in [0.05, 0.1) is 12.6 Å². The van der Waals surface area contributed by atoms with E-state index in [4.69, 9.17) is 5.11 Å². The van der Waals surface area contributed by atoms with E-state index in [9.17, 15) is 4.79 Å². The molecular weight excluding hydrogens is 204 g/mol. The van der Waals surface area contributed by atoms with Crippen molar-refractivity contribution in [2.24, 2.45) is 5.92 Å². The second kappa shape index (κ2) is 5.64. The summed E-state index contributed by atoms with van der Waals surface area (Å²) in [6.07, 6.45) is 2.93. The molecule has 0 aliphatic heterocycles.